The topological polar surface area (TPSA) is 19.7 Å². The van der Waals surface area contributed by atoms with Gasteiger partial charge in [0.25, 0.3) is 0 Å². The highest BCUT2D eigenvalue weighted by Crippen LogP contribution is 2.59. The van der Waals surface area contributed by atoms with Crippen LogP contribution in [0.15, 0.2) is 358 Å². The summed E-state index contributed by atoms with van der Waals surface area (Å²) in [5, 5.41) is 17.7. The standard InChI is InChI=1S/C111H76N4/c1-109(2)91-50-47-75(63-89(91)106-78-30-12-11-24-66(78)42-49-93(106)109)113-98-38-20-16-32-80(98)85-57-70(44-53-102(85)113)71-45-54-103-86(58-71)81-33-17-21-39-99(81)114(103)76-48-51-92-90(64-76)107-83-35-14-13-29-77(83)73(62-96(107)110(92,3)4)65-111(5)94-36-23-41-105(108(94)88-60-67-25-9-10-26-68(67)61-95(88)111)115-100-40-22-18-34-82(100)87-59-72(46-55-104(87)115)69-43-52-101-84(56-69)79-31-15-19-37-97(79)112(101)74-27-7-6-8-28-74/h6-64H,65H2,1-5H3. The van der Waals surface area contributed by atoms with E-state index in [1.54, 1.807) is 0 Å². The average molecular weight is 1470 g/mol. The lowest BCUT2D eigenvalue weighted by Gasteiger charge is -2.30. The first-order chi connectivity index (χ1) is 56.4. The fourth-order valence-electron chi connectivity index (χ4n) is 22.0. The van der Waals surface area contributed by atoms with E-state index in [2.05, 4.69) is 411 Å². The van der Waals surface area contributed by atoms with Gasteiger partial charge in [-0.25, -0.2) is 0 Å². The number of benzene rings is 18. The van der Waals surface area contributed by atoms with E-state index in [4.69, 9.17) is 0 Å². The number of fused-ring (bicyclic) bond motifs is 26. The van der Waals surface area contributed by atoms with Crippen LogP contribution in [0.1, 0.15) is 73.6 Å². The molecule has 0 saturated heterocycles. The maximum absolute atomic E-state index is 2.63. The fraction of sp³-hybridized carbons (Fsp3) is 0.0811. The second-order valence-electron chi connectivity index (χ2n) is 34.0. The second-order valence-corrected chi connectivity index (χ2v) is 34.0. The lowest BCUT2D eigenvalue weighted by molar-refractivity contribution is 0.583. The Bertz CT molecular complexity index is 8080. The zero-order valence-corrected chi connectivity index (χ0v) is 64.6. The summed E-state index contributed by atoms with van der Waals surface area (Å²) in [6.45, 7) is 12.2. The molecule has 22 aromatic rings. The first-order valence-electron chi connectivity index (χ1n) is 40.7. The number of hydrogen-bond acceptors (Lipinski definition) is 0. The molecule has 3 aliphatic rings. The highest BCUT2D eigenvalue weighted by molar-refractivity contribution is 6.17. The SMILES string of the molecule is CC1(C)c2ccc(-n3c4ccccc4c4cc(-c5ccc6c(c5)c5ccccc5n6-c5ccc6c(c5)-c5c(cc(CC7(C)c8cc9ccccc9cc8-c8c(-n9c%10ccccc%10c%10cc(-c%11ccc%12c(c%11)c%11ccccc%11n%12-c%11ccccc%11)ccc%109)cccc87)c7ccccc57)C6(C)C)ccc43)cc2-c2c1ccc1ccccc21. The predicted octanol–water partition coefficient (Wildman–Crippen LogP) is 29.0. The van der Waals surface area contributed by atoms with Crippen LogP contribution in [0.2, 0.25) is 0 Å². The molecule has 18 aromatic carbocycles. The van der Waals surface area contributed by atoms with Crippen LogP contribution in [0, 0.1) is 0 Å². The molecule has 0 fully saturated rings. The Morgan fingerprint density at radius 3 is 1.13 bits per heavy atom. The molecule has 1 unspecified atom stereocenters. The van der Waals surface area contributed by atoms with E-state index in [1.807, 2.05) is 0 Å². The molecule has 4 heteroatoms. The maximum atomic E-state index is 2.63. The van der Waals surface area contributed by atoms with Gasteiger partial charge in [0.15, 0.2) is 0 Å². The molecule has 3 aliphatic carbocycles. The van der Waals surface area contributed by atoms with Crippen LogP contribution in [0.4, 0.5) is 0 Å². The average Bonchev–Trinajstić information content (AvgIpc) is 1.49. The molecule has 540 valence electrons. The van der Waals surface area contributed by atoms with Crippen LogP contribution in [0.25, 0.3) is 198 Å². The number of aromatic nitrogens is 4. The van der Waals surface area contributed by atoms with Crippen molar-refractivity contribution in [3.05, 3.63) is 397 Å². The number of nitrogens with zero attached hydrogens (tertiary/aromatic N) is 4. The van der Waals surface area contributed by atoms with Crippen LogP contribution >= 0.6 is 0 Å². The van der Waals surface area contributed by atoms with E-state index in [-0.39, 0.29) is 10.8 Å². The molecule has 0 bridgehead atoms. The maximum Gasteiger partial charge on any atom is 0.0543 e. The summed E-state index contributed by atoms with van der Waals surface area (Å²) >= 11 is 0. The van der Waals surface area contributed by atoms with Gasteiger partial charge in [0.2, 0.25) is 0 Å². The Morgan fingerprint density at radius 1 is 0.209 bits per heavy atom. The Balaban J connectivity index is 0.590. The fourth-order valence-corrected chi connectivity index (χ4v) is 22.0. The van der Waals surface area contributed by atoms with Crippen molar-refractivity contribution >= 4 is 120 Å². The van der Waals surface area contributed by atoms with Crippen molar-refractivity contribution in [2.75, 3.05) is 0 Å². The van der Waals surface area contributed by atoms with Gasteiger partial charge in [-0.2, -0.15) is 0 Å². The van der Waals surface area contributed by atoms with Crippen molar-refractivity contribution in [3.63, 3.8) is 0 Å². The molecular formula is C111H76N4. The number of hydrogen-bond donors (Lipinski definition) is 0. The second kappa shape index (κ2) is 23.3. The van der Waals surface area contributed by atoms with Crippen LogP contribution in [0.5, 0.6) is 0 Å². The molecular weight excluding hydrogens is 1390 g/mol. The Hall–Kier alpha value is -14.1. The summed E-state index contributed by atoms with van der Waals surface area (Å²) in [7, 11) is 0. The third-order valence-electron chi connectivity index (χ3n) is 27.4. The van der Waals surface area contributed by atoms with E-state index < -0.39 is 5.41 Å². The minimum Gasteiger partial charge on any atom is -0.309 e. The van der Waals surface area contributed by atoms with Crippen molar-refractivity contribution in [1.82, 2.24) is 18.3 Å². The van der Waals surface area contributed by atoms with E-state index >= 15 is 0 Å². The molecule has 0 spiro atoms. The zero-order valence-electron chi connectivity index (χ0n) is 64.6. The van der Waals surface area contributed by atoms with E-state index in [9.17, 15) is 0 Å². The smallest absolute Gasteiger partial charge is 0.0543 e. The molecule has 0 saturated carbocycles. The zero-order chi connectivity index (χ0) is 76.1. The van der Waals surface area contributed by atoms with Gasteiger partial charge in [-0.1, -0.05) is 265 Å². The summed E-state index contributed by atoms with van der Waals surface area (Å²) in [5.74, 6) is 0. The molecule has 0 aliphatic heterocycles. The van der Waals surface area contributed by atoms with Crippen molar-refractivity contribution in [1.29, 1.82) is 0 Å². The number of para-hydroxylation sites is 5. The van der Waals surface area contributed by atoms with Crippen LogP contribution in [-0.4, -0.2) is 18.3 Å². The molecule has 0 amide bonds. The third-order valence-corrected chi connectivity index (χ3v) is 27.4. The van der Waals surface area contributed by atoms with Gasteiger partial charge in [-0.3, -0.25) is 0 Å². The lowest BCUT2D eigenvalue weighted by atomic mass is 9.73. The summed E-state index contributed by atoms with van der Waals surface area (Å²) in [5.41, 5.74) is 35.9. The highest BCUT2D eigenvalue weighted by atomic mass is 15.0. The van der Waals surface area contributed by atoms with Gasteiger partial charge < -0.3 is 18.3 Å². The van der Waals surface area contributed by atoms with E-state index in [0.717, 1.165) is 17.8 Å². The van der Waals surface area contributed by atoms with Gasteiger partial charge >= 0.3 is 0 Å². The molecule has 25 rings (SSSR count). The molecule has 1 atom stereocenters. The Labute approximate surface area is 665 Å². The minimum absolute atomic E-state index is 0.105. The molecule has 115 heavy (non-hydrogen) atoms. The lowest BCUT2D eigenvalue weighted by Crippen LogP contribution is -2.25. The van der Waals surface area contributed by atoms with Gasteiger partial charge in [0, 0.05) is 82.0 Å². The van der Waals surface area contributed by atoms with Crippen LogP contribution < -0.4 is 0 Å². The molecule has 0 N–H and O–H groups in total. The molecule has 4 nitrogen and oxygen atoms in total. The molecule has 4 aromatic heterocycles. The summed E-state index contributed by atoms with van der Waals surface area (Å²) in [6, 6.07) is 136. The highest BCUT2D eigenvalue weighted by Gasteiger charge is 2.44. The van der Waals surface area contributed by atoms with Crippen molar-refractivity contribution in [2.24, 2.45) is 0 Å². The van der Waals surface area contributed by atoms with Crippen molar-refractivity contribution in [3.8, 4) is 78.4 Å². The van der Waals surface area contributed by atoms with E-state index in [0.29, 0.717) is 0 Å². The molecule has 0 radical (unpaired) electrons. The van der Waals surface area contributed by atoms with E-state index in [1.165, 1.54) is 225 Å². The first kappa shape index (κ1) is 64.6. The van der Waals surface area contributed by atoms with Gasteiger partial charge in [0.05, 0.1) is 49.8 Å². The Kier molecular flexibility index (Phi) is 13.1. The summed E-state index contributed by atoms with van der Waals surface area (Å²) < 4.78 is 9.98. The summed E-state index contributed by atoms with van der Waals surface area (Å²) in [6.07, 6.45) is 0.813. The quantitative estimate of drug-likeness (QED) is 0.144. The van der Waals surface area contributed by atoms with Crippen molar-refractivity contribution in [2.45, 2.75) is 57.3 Å². The van der Waals surface area contributed by atoms with Gasteiger partial charge in [-0.05, 0) is 255 Å². The number of rotatable bonds is 8. The predicted molar refractivity (Wildman–Crippen MR) is 484 cm³/mol. The minimum atomic E-state index is -0.409. The normalized spacial score (nSPS) is 15.0. The third kappa shape index (κ3) is 8.86. The van der Waals surface area contributed by atoms with Gasteiger partial charge in [0.1, 0.15) is 0 Å². The van der Waals surface area contributed by atoms with Crippen LogP contribution in [-0.2, 0) is 22.7 Å². The van der Waals surface area contributed by atoms with Crippen molar-refractivity contribution < 1.29 is 0 Å². The van der Waals surface area contributed by atoms with Crippen LogP contribution in [0.3, 0.4) is 0 Å². The monoisotopic (exact) mass is 1460 g/mol. The largest absolute Gasteiger partial charge is 0.309 e. The van der Waals surface area contributed by atoms with Gasteiger partial charge in [-0.15, -0.1) is 0 Å². The first-order valence-corrected chi connectivity index (χ1v) is 40.7. The molecule has 4 heterocycles. The Morgan fingerprint density at radius 2 is 0.600 bits per heavy atom. The summed E-state index contributed by atoms with van der Waals surface area (Å²) in [4.78, 5) is 0.